The van der Waals surface area contributed by atoms with E-state index in [1.165, 1.54) is 10.5 Å². The van der Waals surface area contributed by atoms with E-state index in [4.69, 9.17) is 17.0 Å². The highest BCUT2D eigenvalue weighted by Crippen LogP contribution is 2.09. The van der Waals surface area contributed by atoms with Crippen LogP contribution in [0.15, 0.2) is 24.3 Å². The zero-order valence-corrected chi connectivity index (χ0v) is 16.0. The Morgan fingerprint density at radius 3 is 2.44 bits per heavy atom. The van der Waals surface area contributed by atoms with Crippen LogP contribution in [0.5, 0.6) is 0 Å². The van der Waals surface area contributed by atoms with Gasteiger partial charge in [0.1, 0.15) is 25.3 Å². The van der Waals surface area contributed by atoms with Crippen molar-refractivity contribution in [3.63, 3.8) is 0 Å². The molecule has 0 spiro atoms. The lowest BCUT2D eigenvalue weighted by Gasteiger charge is -2.32. The van der Waals surface area contributed by atoms with Crippen LogP contribution >= 0.6 is 12.2 Å². The zero-order chi connectivity index (χ0) is 18.2. The molecule has 2 rings (SSSR count). The van der Waals surface area contributed by atoms with Crippen molar-refractivity contribution in [3.05, 3.63) is 29.8 Å². The van der Waals surface area contributed by atoms with Gasteiger partial charge in [-0.05, 0) is 50.2 Å². The lowest BCUT2D eigenvalue weighted by Crippen LogP contribution is -3.15. The number of hydrogen-bond donors (Lipinski definition) is 4. The predicted molar refractivity (Wildman–Crippen MR) is 104 cm³/mol. The molecule has 1 amide bonds. The fraction of sp³-hybridized carbons (Fsp3) is 0.556. The van der Waals surface area contributed by atoms with Crippen LogP contribution in [0, 0.1) is 0 Å². The number of morpholine rings is 1. The van der Waals surface area contributed by atoms with Crippen molar-refractivity contribution in [2.24, 2.45) is 0 Å². The summed E-state index contributed by atoms with van der Waals surface area (Å²) in [5, 5.41) is 3.42. The average Bonchev–Trinajstić information content (AvgIpc) is 2.58. The van der Waals surface area contributed by atoms with E-state index in [0.29, 0.717) is 11.5 Å². The van der Waals surface area contributed by atoms with Crippen LogP contribution in [0.4, 0.5) is 5.69 Å². The molecule has 1 unspecified atom stereocenters. The van der Waals surface area contributed by atoms with Gasteiger partial charge in [0.2, 0.25) is 5.91 Å². The number of hydrogen-bond acceptors (Lipinski definition) is 3. The predicted octanol–water partition coefficient (Wildman–Crippen LogP) is 0.649. The summed E-state index contributed by atoms with van der Waals surface area (Å²) in [7, 11) is 0. The van der Waals surface area contributed by atoms with Crippen LogP contribution < -0.4 is 21.1 Å². The minimum absolute atomic E-state index is 0.0650. The third-order valence-corrected chi connectivity index (χ3v) is 4.46. The van der Waals surface area contributed by atoms with Crippen molar-refractivity contribution in [2.75, 3.05) is 25.0 Å². The molecule has 1 aromatic rings. The maximum Gasteiger partial charge on any atom is 0.244 e. The third kappa shape index (κ3) is 6.97. The number of thiocarbonyl (C=S) groups is 1. The Hall–Kier alpha value is -1.70. The number of hydrazine groups is 1. The Morgan fingerprint density at radius 1 is 1.20 bits per heavy atom. The van der Waals surface area contributed by atoms with Gasteiger partial charge in [-0.15, -0.1) is 0 Å². The number of nitrogens with one attached hydrogen (secondary N) is 4. The SMILES string of the molecule is CCc1ccc(NC(=S)NNC(=O)CC[NH+]2C[C@@H](C)O[C@@H](C)C2)cc1. The summed E-state index contributed by atoms with van der Waals surface area (Å²) < 4.78 is 5.71. The van der Waals surface area contributed by atoms with Crippen LogP contribution in [0.25, 0.3) is 0 Å². The van der Waals surface area contributed by atoms with Crippen LogP contribution in [-0.2, 0) is 16.0 Å². The molecule has 1 aliphatic rings. The van der Waals surface area contributed by atoms with Gasteiger partial charge in [0, 0.05) is 5.69 Å². The molecule has 0 bridgehead atoms. The molecule has 0 aromatic heterocycles. The topological polar surface area (TPSA) is 66.8 Å². The fourth-order valence-corrected chi connectivity index (χ4v) is 3.23. The summed E-state index contributed by atoms with van der Waals surface area (Å²) in [6.45, 7) is 8.95. The van der Waals surface area contributed by atoms with Gasteiger partial charge in [0.15, 0.2) is 5.11 Å². The lowest BCUT2D eigenvalue weighted by atomic mass is 10.1. The summed E-state index contributed by atoms with van der Waals surface area (Å²) in [5.41, 5.74) is 7.57. The van der Waals surface area contributed by atoms with Gasteiger partial charge < -0.3 is 15.0 Å². The van der Waals surface area contributed by atoms with Crippen LogP contribution in [0.1, 0.15) is 32.8 Å². The van der Waals surface area contributed by atoms with Gasteiger partial charge in [-0.3, -0.25) is 15.6 Å². The molecule has 138 valence electrons. The molecule has 4 N–H and O–H groups in total. The first kappa shape index (κ1) is 19.6. The first-order valence-electron chi connectivity index (χ1n) is 8.90. The number of carbonyl (C=O) groups is 1. The Balaban J connectivity index is 1.66. The number of amides is 1. The molecule has 1 fully saturated rings. The molecule has 1 heterocycles. The van der Waals surface area contributed by atoms with Crippen molar-refractivity contribution in [3.8, 4) is 0 Å². The summed E-state index contributed by atoms with van der Waals surface area (Å²) in [5.74, 6) is -0.0650. The number of aryl methyl sites for hydroxylation is 1. The zero-order valence-electron chi connectivity index (χ0n) is 15.2. The standard InChI is InChI=1S/C18H28N4O2S/c1-4-15-5-7-16(8-6-15)19-18(25)21-20-17(23)9-10-22-11-13(2)24-14(3)12-22/h5-8,13-14H,4,9-12H2,1-3H3,(H,20,23)(H2,19,21,25)/p+1/t13-,14+. The first-order valence-corrected chi connectivity index (χ1v) is 9.31. The number of anilines is 1. The monoisotopic (exact) mass is 365 g/mol. The quantitative estimate of drug-likeness (QED) is 0.456. The van der Waals surface area contributed by atoms with E-state index in [1.807, 2.05) is 12.1 Å². The number of ether oxygens (including phenoxy) is 1. The molecular weight excluding hydrogens is 336 g/mol. The number of benzene rings is 1. The molecular formula is C18H29N4O2S+. The number of carbonyl (C=O) groups excluding carboxylic acids is 1. The second kappa shape index (κ2) is 9.70. The minimum atomic E-state index is -0.0650. The van der Waals surface area contributed by atoms with Crippen molar-refractivity contribution in [1.82, 2.24) is 10.9 Å². The number of quaternary nitrogens is 1. The maximum absolute atomic E-state index is 12.0. The van der Waals surface area contributed by atoms with E-state index >= 15 is 0 Å². The normalized spacial score (nSPS) is 22.9. The van der Waals surface area contributed by atoms with Crippen LogP contribution in [0.2, 0.25) is 0 Å². The van der Waals surface area contributed by atoms with Gasteiger partial charge in [-0.1, -0.05) is 19.1 Å². The molecule has 6 nitrogen and oxygen atoms in total. The van der Waals surface area contributed by atoms with Gasteiger partial charge in [-0.2, -0.15) is 0 Å². The highest BCUT2D eigenvalue weighted by molar-refractivity contribution is 7.80. The molecule has 7 heteroatoms. The Morgan fingerprint density at radius 2 is 1.84 bits per heavy atom. The van der Waals surface area contributed by atoms with Gasteiger partial charge in [0.25, 0.3) is 0 Å². The summed E-state index contributed by atoms with van der Waals surface area (Å²) in [6.07, 6.45) is 1.95. The molecule has 1 aliphatic heterocycles. The molecule has 3 atom stereocenters. The number of rotatable bonds is 5. The molecule has 25 heavy (non-hydrogen) atoms. The molecule has 1 saturated heterocycles. The lowest BCUT2D eigenvalue weighted by molar-refractivity contribution is -0.914. The first-order chi connectivity index (χ1) is 12.0. The Bertz CT molecular complexity index is 569. The van der Waals surface area contributed by atoms with Crippen LogP contribution in [0.3, 0.4) is 0 Å². The Kier molecular flexibility index (Phi) is 7.61. The van der Waals surface area contributed by atoms with Crippen LogP contribution in [-0.4, -0.2) is 42.9 Å². The summed E-state index contributed by atoms with van der Waals surface area (Å²) in [6, 6.07) is 8.05. The van der Waals surface area contributed by atoms with E-state index < -0.39 is 0 Å². The Labute approximate surface area is 155 Å². The van der Waals surface area contributed by atoms with E-state index in [1.54, 1.807) is 0 Å². The summed E-state index contributed by atoms with van der Waals surface area (Å²) >= 11 is 5.20. The molecule has 0 radical (unpaired) electrons. The van der Waals surface area contributed by atoms with E-state index in [2.05, 4.69) is 49.1 Å². The molecule has 0 aliphatic carbocycles. The third-order valence-electron chi connectivity index (χ3n) is 4.26. The highest BCUT2D eigenvalue weighted by Gasteiger charge is 2.25. The fourth-order valence-electron chi connectivity index (χ4n) is 3.06. The average molecular weight is 366 g/mol. The second-order valence-corrected chi connectivity index (χ2v) is 7.00. The highest BCUT2D eigenvalue weighted by atomic mass is 32.1. The summed E-state index contributed by atoms with van der Waals surface area (Å²) in [4.78, 5) is 13.4. The van der Waals surface area contributed by atoms with Crippen molar-refractivity contribution < 1.29 is 14.4 Å². The van der Waals surface area contributed by atoms with Crippen molar-refractivity contribution in [2.45, 2.75) is 45.8 Å². The van der Waals surface area contributed by atoms with Crippen molar-refractivity contribution >= 4 is 28.9 Å². The second-order valence-electron chi connectivity index (χ2n) is 6.59. The van der Waals surface area contributed by atoms with E-state index in [0.717, 1.165) is 31.7 Å². The molecule has 1 aromatic carbocycles. The maximum atomic E-state index is 12.0. The van der Waals surface area contributed by atoms with Gasteiger partial charge in [-0.25, -0.2) is 0 Å². The van der Waals surface area contributed by atoms with E-state index in [-0.39, 0.29) is 18.1 Å². The van der Waals surface area contributed by atoms with Crippen molar-refractivity contribution in [1.29, 1.82) is 0 Å². The van der Waals surface area contributed by atoms with Gasteiger partial charge >= 0.3 is 0 Å². The molecule has 0 saturated carbocycles. The van der Waals surface area contributed by atoms with Gasteiger partial charge in [0.05, 0.1) is 13.0 Å². The smallest absolute Gasteiger partial charge is 0.244 e. The van der Waals surface area contributed by atoms with E-state index in [9.17, 15) is 4.79 Å². The largest absolute Gasteiger partial charge is 0.364 e. The minimum Gasteiger partial charge on any atom is -0.364 e.